The lowest BCUT2D eigenvalue weighted by Crippen LogP contribution is -2.18. The van der Waals surface area contributed by atoms with Crippen LogP contribution in [0, 0.1) is 0 Å². The Kier molecular flexibility index (Phi) is 2.29. The summed E-state index contributed by atoms with van der Waals surface area (Å²) in [6.45, 7) is 1.08. The van der Waals surface area contributed by atoms with E-state index in [1.54, 1.807) is 10.6 Å². The molecule has 0 unspecified atom stereocenters. The molecule has 16 heavy (non-hydrogen) atoms. The van der Waals surface area contributed by atoms with Gasteiger partial charge >= 0.3 is 0 Å². The number of halogens is 2. The number of aromatic nitrogens is 2. The molecule has 1 aromatic carbocycles. The minimum absolute atomic E-state index is 0.0560. The van der Waals surface area contributed by atoms with E-state index in [-0.39, 0.29) is 5.56 Å². The van der Waals surface area contributed by atoms with Gasteiger partial charge in [-0.2, -0.15) is 4.98 Å². The topological polar surface area (TPSA) is 44.1 Å². The van der Waals surface area contributed by atoms with Crippen molar-refractivity contribution in [3.63, 3.8) is 0 Å². The van der Waals surface area contributed by atoms with Crippen LogP contribution in [0.25, 0.3) is 10.9 Å². The van der Waals surface area contributed by atoms with Gasteiger partial charge in [0, 0.05) is 8.95 Å². The van der Waals surface area contributed by atoms with Gasteiger partial charge in [0.25, 0.3) is 11.6 Å². The van der Waals surface area contributed by atoms with Crippen molar-refractivity contribution >= 4 is 42.8 Å². The average molecular weight is 346 g/mol. The zero-order chi connectivity index (χ0) is 11.3. The summed E-state index contributed by atoms with van der Waals surface area (Å²) >= 11 is 6.75. The number of benzene rings is 1. The first kappa shape index (κ1) is 10.3. The highest BCUT2D eigenvalue weighted by Crippen LogP contribution is 2.27. The predicted octanol–water partition coefficient (Wildman–Crippen LogP) is 2.31. The smallest absolute Gasteiger partial charge is 0.299 e. The van der Waals surface area contributed by atoms with Gasteiger partial charge in [0.05, 0.1) is 17.4 Å². The molecule has 1 aromatic heterocycles. The van der Waals surface area contributed by atoms with Gasteiger partial charge in [-0.1, -0.05) is 15.9 Å². The number of hydrogen-bond donors (Lipinski definition) is 0. The van der Waals surface area contributed by atoms with E-state index in [2.05, 4.69) is 36.8 Å². The van der Waals surface area contributed by atoms with Crippen LogP contribution in [-0.2, 0) is 6.54 Å². The van der Waals surface area contributed by atoms with Crippen LogP contribution in [0.15, 0.2) is 25.9 Å². The predicted molar refractivity (Wildman–Crippen MR) is 66.9 cm³/mol. The van der Waals surface area contributed by atoms with Crippen LogP contribution in [-0.4, -0.2) is 16.2 Å². The molecule has 0 saturated heterocycles. The lowest BCUT2D eigenvalue weighted by Gasteiger charge is -2.04. The van der Waals surface area contributed by atoms with Crippen LogP contribution in [0.3, 0.4) is 0 Å². The van der Waals surface area contributed by atoms with Crippen LogP contribution in [0.1, 0.15) is 0 Å². The summed E-state index contributed by atoms with van der Waals surface area (Å²) in [6.07, 6.45) is 0. The molecule has 0 N–H and O–H groups in total. The Morgan fingerprint density at radius 3 is 3.00 bits per heavy atom. The van der Waals surface area contributed by atoms with E-state index < -0.39 is 0 Å². The summed E-state index contributed by atoms with van der Waals surface area (Å²) in [5.74, 6) is 0. The monoisotopic (exact) mass is 344 g/mol. The fourth-order valence-corrected chi connectivity index (χ4v) is 3.08. The van der Waals surface area contributed by atoms with Crippen LogP contribution in [0.2, 0.25) is 0 Å². The summed E-state index contributed by atoms with van der Waals surface area (Å²) in [7, 11) is 0. The first-order chi connectivity index (χ1) is 7.66. The summed E-state index contributed by atoms with van der Waals surface area (Å²) in [4.78, 5) is 16.5. The van der Waals surface area contributed by atoms with Crippen LogP contribution in [0.4, 0.5) is 0 Å². The third-order valence-corrected chi connectivity index (χ3v) is 3.55. The van der Waals surface area contributed by atoms with Crippen molar-refractivity contribution in [2.75, 3.05) is 6.61 Å². The second-order valence-electron chi connectivity index (χ2n) is 3.48. The first-order valence-corrected chi connectivity index (χ1v) is 6.28. The number of rotatable bonds is 0. The van der Waals surface area contributed by atoms with E-state index >= 15 is 0 Å². The van der Waals surface area contributed by atoms with Crippen molar-refractivity contribution in [2.24, 2.45) is 0 Å². The first-order valence-electron chi connectivity index (χ1n) is 4.69. The van der Waals surface area contributed by atoms with E-state index in [0.29, 0.717) is 30.1 Å². The van der Waals surface area contributed by atoms with Crippen LogP contribution < -0.4 is 10.3 Å². The maximum absolute atomic E-state index is 12.1. The minimum Gasteiger partial charge on any atom is -0.463 e. The number of ether oxygens (including phenoxy) is 1. The van der Waals surface area contributed by atoms with Gasteiger partial charge in [0.2, 0.25) is 0 Å². The minimum atomic E-state index is -0.0560. The van der Waals surface area contributed by atoms with Gasteiger partial charge in [-0.05, 0) is 28.1 Å². The Balaban J connectivity index is 2.51. The highest BCUT2D eigenvalue weighted by atomic mass is 79.9. The molecule has 0 radical (unpaired) electrons. The van der Waals surface area contributed by atoms with E-state index in [0.717, 1.165) is 8.95 Å². The maximum Gasteiger partial charge on any atom is 0.299 e. The molecule has 0 fully saturated rings. The fraction of sp³-hybridized carbons (Fsp3) is 0.200. The number of fused-ring (bicyclic) bond motifs is 2. The van der Waals surface area contributed by atoms with E-state index in [1.807, 2.05) is 6.07 Å². The summed E-state index contributed by atoms with van der Waals surface area (Å²) < 4.78 is 8.49. The Labute approximate surface area is 107 Å². The third kappa shape index (κ3) is 1.40. The van der Waals surface area contributed by atoms with Gasteiger partial charge in [-0.3, -0.25) is 9.36 Å². The summed E-state index contributed by atoms with van der Waals surface area (Å²) in [5, 5.41) is 0.593. The molecular weight excluding hydrogens is 340 g/mol. The molecule has 0 amide bonds. The molecule has 1 aliphatic heterocycles. The van der Waals surface area contributed by atoms with Crippen molar-refractivity contribution in [3.8, 4) is 6.01 Å². The highest BCUT2D eigenvalue weighted by molar-refractivity contribution is 9.11. The lowest BCUT2D eigenvalue weighted by molar-refractivity contribution is 0.345. The fourth-order valence-electron chi connectivity index (χ4n) is 1.77. The maximum atomic E-state index is 12.1. The second kappa shape index (κ2) is 3.56. The molecule has 0 spiro atoms. The van der Waals surface area contributed by atoms with Gasteiger partial charge in [-0.25, -0.2) is 0 Å². The van der Waals surface area contributed by atoms with Crippen molar-refractivity contribution in [3.05, 3.63) is 31.4 Å². The largest absolute Gasteiger partial charge is 0.463 e. The quantitative estimate of drug-likeness (QED) is 0.736. The van der Waals surface area contributed by atoms with Crippen molar-refractivity contribution in [1.82, 2.24) is 9.55 Å². The van der Waals surface area contributed by atoms with Crippen molar-refractivity contribution < 1.29 is 4.74 Å². The molecule has 6 heteroatoms. The number of hydrogen-bond acceptors (Lipinski definition) is 3. The van der Waals surface area contributed by atoms with E-state index in [1.165, 1.54) is 0 Å². The zero-order valence-corrected chi connectivity index (χ0v) is 11.2. The third-order valence-electron chi connectivity index (χ3n) is 2.49. The highest BCUT2D eigenvalue weighted by Gasteiger charge is 2.18. The van der Waals surface area contributed by atoms with Gasteiger partial charge in [0.15, 0.2) is 0 Å². The molecule has 3 rings (SSSR count). The van der Waals surface area contributed by atoms with Gasteiger partial charge in [0.1, 0.15) is 6.61 Å². The van der Waals surface area contributed by atoms with Crippen molar-refractivity contribution in [1.29, 1.82) is 0 Å². The standard InChI is InChI=1S/C10H6Br2N2O2/c11-5-3-6-8(7(12)4-5)13-10-14(9(6)15)1-2-16-10/h3-4H,1-2H2. The molecule has 2 aromatic rings. The molecule has 1 aliphatic rings. The summed E-state index contributed by atoms with van der Waals surface area (Å²) in [5.41, 5.74) is 0.584. The van der Waals surface area contributed by atoms with Crippen molar-refractivity contribution in [2.45, 2.75) is 6.54 Å². The molecule has 82 valence electrons. The molecule has 0 aliphatic carbocycles. The molecule has 4 nitrogen and oxygen atoms in total. The molecular formula is C10H6Br2N2O2. The van der Waals surface area contributed by atoms with Crippen LogP contribution >= 0.6 is 31.9 Å². The average Bonchev–Trinajstić information content (AvgIpc) is 2.68. The normalized spacial score (nSPS) is 13.9. The SMILES string of the molecule is O=c1c2cc(Br)cc(Br)c2nc2n1CCO2. The Morgan fingerprint density at radius 2 is 2.19 bits per heavy atom. The Bertz CT molecular complexity index is 651. The molecule has 0 atom stereocenters. The van der Waals surface area contributed by atoms with Crippen LogP contribution in [0.5, 0.6) is 6.01 Å². The van der Waals surface area contributed by atoms with Gasteiger partial charge in [-0.15, -0.1) is 0 Å². The molecule has 2 heterocycles. The van der Waals surface area contributed by atoms with E-state index in [4.69, 9.17) is 4.74 Å². The molecule has 0 bridgehead atoms. The Hall–Kier alpha value is -0.880. The number of nitrogens with zero attached hydrogens (tertiary/aromatic N) is 2. The second-order valence-corrected chi connectivity index (χ2v) is 5.25. The summed E-state index contributed by atoms with van der Waals surface area (Å²) in [6, 6.07) is 4.04. The zero-order valence-electron chi connectivity index (χ0n) is 8.04. The lowest BCUT2D eigenvalue weighted by atomic mass is 10.2. The van der Waals surface area contributed by atoms with E-state index in [9.17, 15) is 4.79 Å². The van der Waals surface area contributed by atoms with Gasteiger partial charge < -0.3 is 4.74 Å². The molecule has 0 saturated carbocycles. The Morgan fingerprint density at radius 1 is 1.38 bits per heavy atom.